The Kier molecular flexibility index (Phi) is 6.58. The first kappa shape index (κ1) is 13.9. The third-order valence-electron chi connectivity index (χ3n) is 2.30. The van der Waals surface area contributed by atoms with E-state index in [0.717, 1.165) is 13.0 Å². The molecule has 0 aliphatic carbocycles. The van der Waals surface area contributed by atoms with E-state index in [2.05, 4.69) is 12.2 Å². The summed E-state index contributed by atoms with van der Waals surface area (Å²) in [5.74, 6) is 0.261. The summed E-state index contributed by atoms with van der Waals surface area (Å²) in [5.41, 5.74) is 0. The van der Waals surface area contributed by atoms with Gasteiger partial charge in [0.25, 0.3) is 0 Å². The molecule has 0 aliphatic heterocycles. The van der Waals surface area contributed by atoms with Gasteiger partial charge in [-0.25, -0.2) is 4.39 Å². The van der Waals surface area contributed by atoms with Gasteiger partial charge in [0, 0.05) is 13.2 Å². The zero-order valence-corrected chi connectivity index (χ0v) is 10.4. The monoisotopic (exact) mass is 241 g/mol. The first-order valence-electron chi connectivity index (χ1n) is 5.87. The van der Waals surface area contributed by atoms with Crippen LogP contribution in [0, 0.1) is 5.82 Å². The van der Waals surface area contributed by atoms with Crippen molar-refractivity contribution in [1.29, 1.82) is 0 Å². The van der Waals surface area contributed by atoms with Gasteiger partial charge in [-0.15, -0.1) is 0 Å². The Morgan fingerprint density at radius 2 is 2.18 bits per heavy atom. The number of hydrogen-bond acceptors (Lipinski definition) is 3. The Balaban J connectivity index is 2.39. The third kappa shape index (κ3) is 5.65. The van der Waals surface area contributed by atoms with Crippen molar-refractivity contribution in [2.75, 3.05) is 26.9 Å². The Morgan fingerprint density at radius 3 is 2.82 bits per heavy atom. The van der Waals surface area contributed by atoms with Crippen molar-refractivity contribution in [3.8, 4) is 5.75 Å². The second-order valence-electron chi connectivity index (χ2n) is 3.87. The number of nitrogens with one attached hydrogen (secondary N) is 1. The average Bonchev–Trinajstić information content (AvgIpc) is 2.33. The predicted molar refractivity (Wildman–Crippen MR) is 65.9 cm³/mol. The summed E-state index contributed by atoms with van der Waals surface area (Å²) >= 11 is 0. The molecule has 0 heterocycles. The molecule has 0 amide bonds. The fourth-order valence-corrected chi connectivity index (χ4v) is 1.47. The molecule has 1 aromatic carbocycles. The standard InChI is InChI=1S/C13H20FNO2/c1-3-7-15-12(9-16-2)10-17-13-6-4-5-11(14)8-13/h4-6,8,12,15H,3,7,9-10H2,1-2H3. The molecule has 17 heavy (non-hydrogen) atoms. The van der Waals surface area contributed by atoms with Gasteiger partial charge in [-0.05, 0) is 25.1 Å². The molecule has 0 aliphatic rings. The number of benzene rings is 1. The molecule has 0 radical (unpaired) electrons. The average molecular weight is 241 g/mol. The minimum Gasteiger partial charge on any atom is -0.492 e. The van der Waals surface area contributed by atoms with Crippen LogP contribution in [0.1, 0.15) is 13.3 Å². The predicted octanol–water partition coefficient (Wildman–Crippen LogP) is 2.22. The number of methoxy groups -OCH3 is 1. The van der Waals surface area contributed by atoms with E-state index in [1.165, 1.54) is 12.1 Å². The van der Waals surface area contributed by atoms with Crippen LogP contribution >= 0.6 is 0 Å². The lowest BCUT2D eigenvalue weighted by Crippen LogP contribution is -2.38. The van der Waals surface area contributed by atoms with E-state index in [9.17, 15) is 4.39 Å². The van der Waals surface area contributed by atoms with Gasteiger partial charge in [0.05, 0.1) is 12.6 Å². The van der Waals surface area contributed by atoms with Crippen LogP contribution in [0.3, 0.4) is 0 Å². The maximum atomic E-state index is 12.9. The van der Waals surface area contributed by atoms with Crippen LogP contribution in [0.2, 0.25) is 0 Å². The second kappa shape index (κ2) is 8.03. The summed E-state index contributed by atoms with van der Waals surface area (Å²) in [5, 5.41) is 3.31. The van der Waals surface area contributed by atoms with Gasteiger partial charge in [0.15, 0.2) is 0 Å². The van der Waals surface area contributed by atoms with Crippen molar-refractivity contribution in [3.63, 3.8) is 0 Å². The fourth-order valence-electron chi connectivity index (χ4n) is 1.47. The second-order valence-corrected chi connectivity index (χ2v) is 3.87. The highest BCUT2D eigenvalue weighted by Crippen LogP contribution is 2.12. The molecule has 0 saturated carbocycles. The lowest BCUT2D eigenvalue weighted by Gasteiger charge is -2.18. The van der Waals surface area contributed by atoms with Crippen LogP contribution in [0.5, 0.6) is 5.75 Å². The molecule has 96 valence electrons. The van der Waals surface area contributed by atoms with Gasteiger partial charge in [-0.1, -0.05) is 13.0 Å². The summed E-state index contributed by atoms with van der Waals surface area (Å²) < 4.78 is 23.5. The van der Waals surface area contributed by atoms with Crippen molar-refractivity contribution >= 4 is 0 Å². The van der Waals surface area contributed by atoms with Crippen molar-refractivity contribution in [3.05, 3.63) is 30.1 Å². The van der Waals surface area contributed by atoms with E-state index in [4.69, 9.17) is 9.47 Å². The molecule has 3 nitrogen and oxygen atoms in total. The summed E-state index contributed by atoms with van der Waals surface area (Å²) in [7, 11) is 1.66. The number of ether oxygens (including phenoxy) is 2. The molecule has 0 spiro atoms. The lowest BCUT2D eigenvalue weighted by molar-refractivity contribution is 0.136. The Hall–Kier alpha value is -1.13. The third-order valence-corrected chi connectivity index (χ3v) is 2.30. The number of rotatable bonds is 8. The van der Waals surface area contributed by atoms with Gasteiger partial charge >= 0.3 is 0 Å². The van der Waals surface area contributed by atoms with Gasteiger partial charge in [-0.3, -0.25) is 0 Å². The van der Waals surface area contributed by atoms with E-state index in [1.54, 1.807) is 19.2 Å². The topological polar surface area (TPSA) is 30.5 Å². The van der Waals surface area contributed by atoms with Crippen molar-refractivity contribution in [2.45, 2.75) is 19.4 Å². The number of hydrogen-bond donors (Lipinski definition) is 1. The van der Waals surface area contributed by atoms with Gasteiger partial charge in [0.2, 0.25) is 0 Å². The van der Waals surface area contributed by atoms with Crippen LogP contribution in [-0.2, 0) is 4.74 Å². The first-order chi connectivity index (χ1) is 8.26. The largest absolute Gasteiger partial charge is 0.492 e. The van der Waals surface area contributed by atoms with Crippen LogP contribution in [-0.4, -0.2) is 32.9 Å². The van der Waals surface area contributed by atoms with E-state index in [0.29, 0.717) is 19.0 Å². The maximum Gasteiger partial charge on any atom is 0.126 e. The normalized spacial score (nSPS) is 12.4. The van der Waals surface area contributed by atoms with Crippen molar-refractivity contribution < 1.29 is 13.9 Å². The Bertz CT molecular complexity index is 320. The summed E-state index contributed by atoms with van der Waals surface area (Å²) in [6, 6.07) is 6.28. The van der Waals surface area contributed by atoms with E-state index >= 15 is 0 Å². The molecule has 1 rings (SSSR count). The van der Waals surface area contributed by atoms with Crippen molar-refractivity contribution in [1.82, 2.24) is 5.32 Å². The molecule has 1 atom stereocenters. The summed E-state index contributed by atoms with van der Waals surface area (Å²) in [4.78, 5) is 0. The van der Waals surface area contributed by atoms with Crippen LogP contribution < -0.4 is 10.1 Å². The zero-order valence-electron chi connectivity index (χ0n) is 10.4. The number of halogens is 1. The highest BCUT2D eigenvalue weighted by atomic mass is 19.1. The maximum absolute atomic E-state index is 12.9. The van der Waals surface area contributed by atoms with Gasteiger partial charge in [-0.2, -0.15) is 0 Å². The fraction of sp³-hybridized carbons (Fsp3) is 0.538. The molecule has 0 fully saturated rings. The molecule has 1 aromatic rings. The molecule has 1 N–H and O–H groups in total. The quantitative estimate of drug-likeness (QED) is 0.757. The molecule has 0 aromatic heterocycles. The molecular formula is C13H20FNO2. The SMILES string of the molecule is CCCNC(COC)COc1cccc(F)c1. The van der Waals surface area contributed by atoms with E-state index < -0.39 is 0 Å². The van der Waals surface area contributed by atoms with Gasteiger partial charge < -0.3 is 14.8 Å². The van der Waals surface area contributed by atoms with E-state index in [-0.39, 0.29) is 11.9 Å². The smallest absolute Gasteiger partial charge is 0.126 e. The van der Waals surface area contributed by atoms with Gasteiger partial charge in [0.1, 0.15) is 18.2 Å². The lowest BCUT2D eigenvalue weighted by atomic mass is 10.3. The van der Waals surface area contributed by atoms with Crippen molar-refractivity contribution in [2.24, 2.45) is 0 Å². The Labute approximate surface area is 102 Å². The zero-order chi connectivity index (χ0) is 12.5. The highest BCUT2D eigenvalue weighted by Gasteiger charge is 2.08. The van der Waals surface area contributed by atoms with E-state index in [1.807, 2.05) is 0 Å². The molecular weight excluding hydrogens is 221 g/mol. The minimum absolute atomic E-state index is 0.128. The minimum atomic E-state index is -0.285. The molecule has 0 bridgehead atoms. The van der Waals surface area contributed by atoms with Crippen LogP contribution in [0.15, 0.2) is 24.3 Å². The first-order valence-corrected chi connectivity index (χ1v) is 5.87. The van der Waals surface area contributed by atoms with Crippen LogP contribution in [0.4, 0.5) is 4.39 Å². The summed E-state index contributed by atoms with van der Waals surface area (Å²) in [6.45, 7) is 4.07. The highest BCUT2D eigenvalue weighted by molar-refractivity contribution is 5.22. The summed E-state index contributed by atoms with van der Waals surface area (Å²) in [6.07, 6.45) is 1.06. The molecule has 1 unspecified atom stereocenters. The van der Waals surface area contributed by atoms with Crippen LogP contribution in [0.25, 0.3) is 0 Å². The molecule has 4 heteroatoms. The molecule has 0 saturated heterocycles. The Morgan fingerprint density at radius 1 is 1.35 bits per heavy atom.